The predicted molar refractivity (Wildman–Crippen MR) is 46.5 cm³/mol. The van der Waals surface area contributed by atoms with Crippen LogP contribution in [0.4, 0.5) is 0 Å². The van der Waals surface area contributed by atoms with E-state index < -0.39 is 0 Å². The Hall–Kier alpha value is 0.440. The lowest BCUT2D eigenvalue weighted by molar-refractivity contribution is 0.172. The molecule has 0 aromatic rings. The summed E-state index contributed by atoms with van der Waals surface area (Å²) in [6, 6.07) is 0. The predicted octanol–water partition coefficient (Wildman–Crippen LogP) is 2.59. The molecule has 0 aliphatic heterocycles. The highest BCUT2D eigenvalue weighted by Gasteiger charge is 2.45. The summed E-state index contributed by atoms with van der Waals surface area (Å²) in [6.45, 7) is 3.15. The van der Waals surface area contributed by atoms with Gasteiger partial charge in [0.25, 0.3) is 0 Å². The Morgan fingerprint density at radius 2 is 2.20 bits per heavy atom. The third kappa shape index (κ3) is 1.73. The SMILES string of the molecule is COCCC1(C(C)Br)CC1. The van der Waals surface area contributed by atoms with Gasteiger partial charge in [-0.05, 0) is 24.7 Å². The number of halogens is 1. The second-order valence-electron chi connectivity index (χ2n) is 3.22. The minimum Gasteiger partial charge on any atom is -0.385 e. The number of hydrogen-bond acceptors (Lipinski definition) is 1. The van der Waals surface area contributed by atoms with Gasteiger partial charge in [-0.2, -0.15) is 0 Å². The Labute approximate surface area is 71.3 Å². The molecular weight excluding hydrogens is 192 g/mol. The van der Waals surface area contributed by atoms with Gasteiger partial charge in [-0.3, -0.25) is 0 Å². The summed E-state index contributed by atoms with van der Waals surface area (Å²) in [7, 11) is 1.77. The molecule has 0 bridgehead atoms. The van der Waals surface area contributed by atoms with Crippen LogP contribution in [0.3, 0.4) is 0 Å². The molecule has 0 aromatic heterocycles. The van der Waals surface area contributed by atoms with Gasteiger partial charge in [0.2, 0.25) is 0 Å². The molecule has 0 saturated heterocycles. The fourth-order valence-electron chi connectivity index (χ4n) is 1.31. The van der Waals surface area contributed by atoms with Gasteiger partial charge in [0.15, 0.2) is 0 Å². The summed E-state index contributed by atoms with van der Waals surface area (Å²) in [5.41, 5.74) is 0.593. The van der Waals surface area contributed by atoms with E-state index in [1.165, 1.54) is 19.3 Å². The van der Waals surface area contributed by atoms with Crippen LogP contribution in [0.1, 0.15) is 26.2 Å². The number of rotatable bonds is 4. The minimum atomic E-state index is 0.593. The van der Waals surface area contributed by atoms with Gasteiger partial charge in [-0.15, -0.1) is 0 Å². The Morgan fingerprint density at radius 1 is 1.60 bits per heavy atom. The van der Waals surface area contributed by atoms with Crippen molar-refractivity contribution in [3.63, 3.8) is 0 Å². The average Bonchev–Trinajstić information content (AvgIpc) is 2.64. The third-order valence-electron chi connectivity index (χ3n) is 2.54. The number of hydrogen-bond donors (Lipinski definition) is 0. The van der Waals surface area contributed by atoms with Gasteiger partial charge in [-0.25, -0.2) is 0 Å². The number of methoxy groups -OCH3 is 1. The van der Waals surface area contributed by atoms with Crippen molar-refractivity contribution < 1.29 is 4.74 Å². The standard InChI is InChI=1S/C8H15BrO/c1-7(9)8(3-4-8)5-6-10-2/h7H,3-6H2,1-2H3. The van der Waals surface area contributed by atoms with Gasteiger partial charge in [-0.1, -0.05) is 22.9 Å². The maximum Gasteiger partial charge on any atom is 0.0467 e. The van der Waals surface area contributed by atoms with Crippen LogP contribution in [0.25, 0.3) is 0 Å². The number of ether oxygens (including phenoxy) is 1. The van der Waals surface area contributed by atoms with Gasteiger partial charge in [0.05, 0.1) is 0 Å². The Kier molecular flexibility index (Phi) is 2.75. The van der Waals surface area contributed by atoms with E-state index in [2.05, 4.69) is 22.9 Å². The second kappa shape index (κ2) is 3.22. The maximum atomic E-state index is 5.05. The molecule has 1 fully saturated rings. The molecule has 1 rings (SSSR count). The quantitative estimate of drug-likeness (QED) is 0.644. The van der Waals surface area contributed by atoms with Crippen LogP contribution < -0.4 is 0 Å². The minimum absolute atomic E-state index is 0.593. The van der Waals surface area contributed by atoms with Crippen LogP contribution in [0.5, 0.6) is 0 Å². The molecule has 0 N–H and O–H groups in total. The van der Waals surface area contributed by atoms with Crippen LogP contribution in [-0.4, -0.2) is 18.5 Å². The molecule has 1 unspecified atom stereocenters. The van der Waals surface area contributed by atoms with Gasteiger partial charge in [0.1, 0.15) is 0 Å². The molecule has 1 aliphatic carbocycles. The maximum absolute atomic E-state index is 5.05. The third-order valence-corrected chi connectivity index (χ3v) is 3.51. The normalized spacial score (nSPS) is 24.3. The fraction of sp³-hybridized carbons (Fsp3) is 1.00. The van der Waals surface area contributed by atoms with Gasteiger partial charge in [0, 0.05) is 18.5 Å². The van der Waals surface area contributed by atoms with Crippen LogP contribution in [0.15, 0.2) is 0 Å². The Morgan fingerprint density at radius 3 is 2.50 bits per heavy atom. The molecule has 1 saturated carbocycles. The molecule has 2 heteroatoms. The molecular formula is C8H15BrO. The second-order valence-corrected chi connectivity index (χ2v) is 4.59. The summed E-state index contributed by atoms with van der Waals surface area (Å²) in [6.07, 6.45) is 3.97. The summed E-state index contributed by atoms with van der Waals surface area (Å²) >= 11 is 3.63. The fourth-order valence-corrected chi connectivity index (χ4v) is 2.00. The average molecular weight is 207 g/mol. The zero-order valence-electron chi connectivity index (χ0n) is 6.69. The van der Waals surface area contributed by atoms with E-state index in [-0.39, 0.29) is 0 Å². The van der Waals surface area contributed by atoms with E-state index in [1.807, 2.05) is 0 Å². The lowest BCUT2D eigenvalue weighted by Crippen LogP contribution is -2.14. The highest BCUT2D eigenvalue weighted by molar-refractivity contribution is 9.09. The molecule has 1 nitrogen and oxygen atoms in total. The van der Waals surface area contributed by atoms with Crippen LogP contribution in [-0.2, 0) is 4.74 Å². The molecule has 0 amide bonds. The zero-order valence-corrected chi connectivity index (χ0v) is 8.28. The summed E-state index contributed by atoms with van der Waals surface area (Å²) in [4.78, 5) is 0.662. The summed E-state index contributed by atoms with van der Waals surface area (Å²) in [5.74, 6) is 0. The van der Waals surface area contributed by atoms with Crippen molar-refractivity contribution in [2.75, 3.05) is 13.7 Å². The zero-order chi connectivity index (χ0) is 7.61. The van der Waals surface area contributed by atoms with Crippen molar-refractivity contribution in [2.45, 2.75) is 31.0 Å². The van der Waals surface area contributed by atoms with Crippen molar-refractivity contribution >= 4 is 15.9 Å². The van der Waals surface area contributed by atoms with E-state index in [9.17, 15) is 0 Å². The van der Waals surface area contributed by atoms with Gasteiger partial charge < -0.3 is 4.74 Å². The summed E-state index contributed by atoms with van der Waals surface area (Å²) in [5, 5.41) is 0. The van der Waals surface area contributed by atoms with Crippen LogP contribution >= 0.6 is 15.9 Å². The van der Waals surface area contributed by atoms with Crippen LogP contribution in [0.2, 0.25) is 0 Å². The molecule has 10 heavy (non-hydrogen) atoms. The molecule has 0 heterocycles. The Balaban J connectivity index is 2.24. The molecule has 0 spiro atoms. The van der Waals surface area contributed by atoms with Crippen molar-refractivity contribution in [1.82, 2.24) is 0 Å². The Bertz CT molecular complexity index is 108. The lowest BCUT2D eigenvalue weighted by atomic mass is 10.00. The first-order chi connectivity index (χ1) is 4.71. The molecule has 0 radical (unpaired) electrons. The first-order valence-corrected chi connectivity index (χ1v) is 4.76. The first kappa shape index (κ1) is 8.54. The highest BCUT2D eigenvalue weighted by Crippen LogP contribution is 2.54. The molecule has 0 aromatic carbocycles. The van der Waals surface area contributed by atoms with Crippen molar-refractivity contribution in [3.05, 3.63) is 0 Å². The first-order valence-electron chi connectivity index (χ1n) is 3.84. The summed E-state index contributed by atoms with van der Waals surface area (Å²) < 4.78 is 5.05. The largest absolute Gasteiger partial charge is 0.385 e. The van der Waals surface area contributed by atoms with E-state index in [0.717, 1.165) is 6.61 Å². The van der Waals surface area contributed by atoms with Crippen molar-refractivity contribution in [2.24, 2.45) is 5.41 Å². The van der Waals surface area contributed by atoms with E-state index in [0.29, 0.717) is 10.2 Å². The molecule has 60 valence electrons. The molecule has 1 aliphatic rings. The van der Waals surface area contributed by atoms with Crippen LogP contribution in [0, 0.1) is 5.41 Å². The van der Waals surface area contributed by atoms with E-state index >= 15 is 0 Å². The van der Waals surface area contributed by atoms with Gasteiger partial charge >= 0.3 is 0 Å². The lowest BCUT2D eigenvalue weighted by Gasteiger charge is -2.16. The van der Waals surface area contributed by atoms with E-state index in [4.69, 9.17) is 4.74 Å². The molecule has 1 atom stereocenters. The topological polar surface area (TPSA) is 9.23 Å². The highest BCUT2D eigenvalue weighted by atomic mass is 79.9. The monoisotopic (exact) mass is 206 g/mol. The van der Waals surface area contributed by atoms with E-state index in [1.54, 1.807) is 7.11 Å². The van der Waals surface area contributed by atoms with Crippen molar-refractivity contribution in [1.29, 1.82) is 0 Å². The number of alkyl halides is 1. The van der Waals surface area contributed by atoms with Crippen molar-refractivity contribution in [3.8, 4) is 0 Å². The smallest absolute Gasteiger partial charge is 0.0467 e.